The van der Waals surface area contributed by atoms with Gasteiger partial charge in [0.1, 0.15) is 5.75 Å². The number of amides is 2. The Hall–Kier alpha value is -2.53. The second-order valence-electron chi connectivity index (χ2n) is 7.04. The van der Waals surface area contributed by atoms with Crippen molar-refractivity contribution in [1.29, 1.82) is 0 Å². The number of hydrogen-bond donors (Lipinski definition) is 2. The van der Waals surface area contributed by atoms with E-state index in [1.165, 1.54) is 5.56 Å². The molecule has 6 heteroatoms. The molecule has 0 spiro atoms. The minimum atomic E-state index is -0.249. The largest absolute Gasteiger partial charge is 0.484 e. The van der Waals surface area contributed by atoms with Crippen LogP contribution in [-0.2, 0) is 4.79 Å². The van der Waals surface area contributed by atoms with Gasteiger partial charge in [-0.3, -0.25) is 9.59 Å². The van der Waals surface area contributed by atoms with Crippen LogP contribution in [0.4, 0.5) is 0 Å². The molecule has 28 heavy (non-hydrogen) atoms. The van der Waals surface area contributed by atoms with Gasteiger partial charge in [0.05, 0.1) is 0 Å². The highest BCUT2D eigenvalue weighted by molar-refractivity contribution is 6.32. The molecule has 0 saturated heterocycles. The molecule has 0 unspecified atom stereocenters. The first-order valence-electron chi connectivity index (χ1n) is 9.32. The van der Waals surface area contributed by atoms with Crippen LogP contribution in [0.2, 0.25) is 5.02 Å². The Kier molecular flexibility index (Phi) is 7.88. The molecule has 150 valence electrons. The zero-order valence-corrected chi connectivity index (χ0v) is 17.5. The van der Waals surface area contributed by atoms with E-state index in [9.17, 15) is 9.59 Å². The third-order valence-electron chi connectivity index (χ3n) is 4.35. The Balaban J connectivity index is 1.70. The fourth-order valence-corrected chi connectivity index (χ4v) is 2.80. The van der Waals surface area contributed by atoms with Gasteiger partial charge < -0.3 is 15.4 Å². The average molecular weight is 403 g/mol. The van der Waals surface area contributed by atoms with Crippen molar-refractivity contribution in [3.8, 4) is 5.75 Å². The number of nitrogens with one attached hydrogen (secondary N) is 2. The summed E-state index contributed by atoms with van der Waals surface area (Å²) in [6, 6.07) is 11.1. The molecular formula is C22H27ClN2O3. The van der Waals surface area contributed by atoms with Gasteiger partial charge in [-0.05, 0) is 60.7 Å². The Morgan fingerprint density at radius 3 is 2.14 bits per heavy atom. The number of hydrogen-bond acceptors (Lipinski definition) is 3. The minimum Gasteiger partial charge on any atom is -0.484 e. The van der Waals surface area contributed by atoms with E-state index in [2.05, 4.69) is 24.5 Å². The van der Waals surface area contributed by atoms with E-state index in [0.717, 1.165) is 11.1 Å². The molecule has 0 fully saturated rings. The second-order valence-corrected chi connectivity index (χ2v) is 7.42. The van der Waals surface area contributed by atoms with Crippen LogP contribution in [0.1, 0.15) is 46.8 Å². The van der Waals surface area contributed by atoms with Gasteiger partial charge >= 0.3 is 0 Å². The van der Waals surface area contributed by atoms with Crippen molar-refractivity contribution < 1.29 is 14.3 Å². The van der Waals surface area contributed by atoms with E-state index in [4.69, 9.17) is 16.3 Å². The fraction of sp³-hybridized carbons (Fsp3) is 0.364. The molecule has 0 bridgehead atoms. The molecule has 2 aromatic carbocycles. The maximum Gasteiger partial charge on any atom is 0.258 e. The van der Waals surface area contributed by atoms with Crippen LogP contribution in [0.3, 0.4) is 0 Å². The highest BCUT2D eigenvalue weighted by atomic mass is 35.5. The first kappa shape index (κ1) is 21.8. The van der Waals surface area contributed by atoms with E-state index in [1.807, 2.05) is 38.1 Å². The third-order valence-corrected chi connectivity index (χ3v) is 4.95. The number of carbonyl (C=O) groups is 2. The van der Waals surface area contributed by atoms with Gasteiger partial charge in [-0.25, -0.2) is 0 Å². The van der Waals surface area contributed by atoms with Gasteiger partial charge in [0.25, 0.3) is 11.8 Å². The molecule has 0 saturated carbocycles. The molecule has 2 aromatic rings. The van der Waals surface area contributed by atoms with Gasteiger partial charge in [0.2, 0.25) is 0 Å². The normalized spacial score (nSPS) is 10.6. The minimum absolute atomic E-state index is 0.0921. The summed E-state index contributed by atoms with van der Waals surface area (Å²) in [4.78, 5) is 24.0. The third kappa shape index (κ3) is 6.27. The Morgan fingerprint density at radius 1 is 1.00 bits per heavy atom. The summed E-state index contributed by atoms with van der Waals surface area (Å²) in [5.41, 5.74) is 3.60. The lowest BCUT2D eigenvalue weighted by molar-refractivity contribution is -0.123. The summed E-state index contributed by atoms with van der Waals surface area (Å²) >= 11 is 6.12. The summed E-state index contributed by atoms with van der Waals surface area (Å²) in [5.74, 6) is 0.622. The van der Waals surface area contributed by atoms with Crippen LogP contribution in [-0.4, -0.2) is 31.5 Å². The molecule has 0 radical (unpaired) electrons. The monoisotopic (exact) mass is 402 g/mol. The number of halogens is 1. The predicted octanol–water partition coefficient (Wildman–Crippen LogP) is 4.01. The molecule has 0 aliphatic heterocycles. The maximum atomic E-state index is 12.1. The summed E-state index contributed by atoms with van der Waals surface area (Å²) in [5, 5.41) is 6.21. The molecule has 2 rings (SSSR count). The molecule has 0 atom stereocenters. The smallest absolute Gasteiger partial charge is 0.258 e. The van der Waals surface area contributed by atoms with Crippen LogP contribution < -0.4 is 15.4 Å². The van der Waals surface area contributed by atoms with Crippen molar-refractivity contribution >= 4 is 23.4 Å². The average Bonchev–Trinajstić information content (AvgIpc) is 2.67. The molecule has 5 nitrogen and oxygen atoms in total. The van der Waals surface area contributed by atoms with Crippen molar-refractivity contribution in [2.75, 3.05) is 19.7 Å². The van der Waals surface area contributed by atoms with Crippen molar-refractivity contribution in [3.05, 3.63) is 63.7 Å². The van der Waals surface area contributed by atoms with Crippen LogP contribution in [0.5, 0.6) is 5.75 Å². The second kappa shape index (κ2) is 10.1. The Bertz CT molecular complexity index is 809. The van der Waals surface area contributed by atoms with Crippen LogP contribution >= 0.6 is 11.6 Å². The van der Waals surface area contributed by atoms with E-state index in [-0.39, 0.29) is 18.4 Å². The van der Waals surface area contributed by atoms with Crippen molar-refractivity contribution in [2.45, 2.75) is 33.6 Å². The lowest BCUT2D eigenvalue weighted by atomic mass is 10.0. The molecule has 0 aliphatic rings. The molecule has 2 N–H and O–H groups in total. The van der Waals surface area contributed by atoms with E-state index in [0.29, 0.717) is 35.3 Å². The van der Waals surface area contributed by atoms with Crippen LogP contribution in [0.15, 0.2) is 36.4 Å². The fourth-order valence-electron chi connectivity index (χ4n) is 2.69. The van der Waals surface area contributed by atoms with Gasteiger partial charge in [-0.1, -0.05) is 37.6 Å². The molecule has 0 aromatic heterocycles. The number of rotatable bonds is 8. The highest BCUT2D eigenvalue weighted by Crippen LogP contribution is 2.25. The van der Waals surface area contributed by atoms with Crippen molar-refractivity contribution in [1.82, 2.24) is 10.6 Å². The summed E-state index contributed by atoms with van der Waals surface area (Å²) in [6.07, 6.45) is 0. The molecule has 0 aliphatic carbocycles. The Labute approximate surface area is 171 Å². The summed E-state index contributed by atoms with van der Waals surface area (Å²) < 4.78 is 5.50. The lowest BCUT2D eigenvalue weighted by Gasteiger charge is -2.11. The summed E-state index contributed by atoms with van der Waals surface area (Å²) in [7, 11) is 0. The van der Waals surface area contributed by atoms with Gasteiger partial charge in [-0.2, -0.15) is 0 Å². The number of aryl methyl sites for hydroxylation is 2. The number of ether oxygens (including phenoxy) is 1. The zero-order valence-electron chi connectivity index (χ0n) is 16.8. The standard InChI is InChI=1S/C22H27ClN2O3/c1-14(2)17-5-7-18(8-6-17)22(27)25-10-9-24-20(26)13-28-19-11-15(3)21(23)16(4)12-19/h5-8,11-12,14H,9-10,13H2,1-4H3,(H,24,26)(H,25,27). The van der Waals surface area contributed by atoms with Crippen LogP contribution in [0, 0.1) is 13.8 Å². The van der Waals surface area contributed by atoms with Crippen molar-refractivity contribution in [2.24, 2.45) is 0 Å². The van der Waals surface area contributed by atoms with E-state index >= 15 is 0 Å². The zero-order chi connectivity index (χ0) is 20.7. The Morgan fingerprint density at radius 2 is 1.57 bits per heavy atom. The van der Waals surface area contributed by atoms with Gasteiger partial charge in [0, 0.05) is 23.7 Å². The highest BCUT2D eigenvalue weighted by Gasteiger charge is 2.08. The molecular weight excluding hydrogens is 376 g/mol. The van der Waals surface area contributed by atoms with Crippen LogP contribution in [0.25, 0.3) is 0 Å². The topological polar surface area (TPSA) is 67.4 Å². The number of carbonyl (C=O) groups excluding carboxylic acids is 2. The van der Waals surface area contributed by atoms with E-state index < -0.39 is 0 Å². The first-order valence-corrected chi connectivity index (χ1v) is 9.70. The molecule has 0 heterocycles. The maximum absolute atomic E-state index is 12.1. The lowest BCUT2D eigenvalue weighted by Crippen LogP contribution is -2.36. The van der Waals surface area contributed by atoms with Gasteiger partial charge in [-0.15, -0.1) is 0 Å². The molecule has 2 amide bonds. The van der Waals surface area contributed by atoms with E-state index in [1.54, 1.807) is 12.1 Å². The quantitative estimate of drug-likeness (QED) is 0.655. The summed E-state index contributed by atoms with van der Waals surface area (Å²) in [6.45, 7) is 8.58. The van der Waals surface area contributed by atoms with Crippen molar-refractivity contribution in [3.63, 3.8) is 0 Å². The predicted molar refractivity (Wildman–Crippen MR) is 112 cm³/mol. The SMILES string of the molecule is Cc1cc(OCC(=O)NCCNC(=O)c2ccc(C(C)C)cc2)cc(C)c1Cl. The first-order chi connectivity index (χ1) is 13.3. The van der Waals surface area contributed by atoms with Gasteiger partial charge in [0.15, 0.2) is 6.61 Å². The number of benzene rings is 2.